The van der Waals surface area contributed by atoms with E-state index in [1.807, 2.05) is 30.3 Å². The zero-order chi connectivity index (χ0) is 17.6. The molecule has 7 heteroatoms. The lowest BCUT2D eigenvalue weighted by Crippen LogP contribution is -1.96. The Hall–Kier alpha value is -1.95. The van der Waals surface area contributed by atoms with Crippen LogP contribution in [-0.2, 0) is 6.42 Å². The van der Waals surface area contributed by atoms with Crippen molar-refractivity contribution in [2.45, 2.75) is 11.3 Å². The highest BCUT2D eigenvalue weighted by Crippen LogP contribution is 2.27. The lowest BCUT2D eigenvalue weighted by molar-refractivity contribution is 1.15. The van der Waals surface area contributed by atoms with Gasteiger partial charge in [0.2, 0.25) is 5.28 Å². The molecular formula is C18H16Cl2N4S. The van der Waals surface area contributed by atoms with Crippen LogP contribution in [-0.4, -0.2) is 15.7 Å². The standard InChI is InChI=1S/C18H16Cl2N4S/c19-16-11-22-18(20)24-17(16)23-14-5-2-6-15(10-14)25-8-7-12-3-1-4-13(21)9-12/h1-6,9-11H,7-8,21H2,(H,22,23,24). The molecule has 0 aliphatic carbocycles. The second kappa shape index (κ2) is 8.43. The molecule has 0 atom stereocenters. The molecule has 4 nitrogen and oxygen atoms in total. The number of benzene rings is 2. The summed E-state index contributed by atoms with van der Waals surface area (Å²) in [6.07, 6.45) is 2.43. The number of halogens is 2. The lowest BCUT2D eigenvalue weighted by atomic mass is 10.1. The molecule has 0 amide bonds. The molecule has 0 radical (unpaired) electrons. The molecular weight excluding hydrogens is 375 g/mol. The van der Waals surface area contributed by atoms with E-state index in [1.165, 1.54) is 11.8 Å². The predicted molar refractivity (Wildman–Crippen MR) is 107 cm³/mol. The van der Waals surface area contributed by atoms with E-state index in [1.54, 1.807) is 11.8 Å². The number of hydrogen-bond donors (Lipinski definition) is 2. The third-order valence-corrected chi connectivity index (χ3v) is 4.88. The van der Waals surface area contributed by atoms with E-state index in [-0.39, 0.29) is 5.28 Å². The van der Waals surface area contributed by atoms with Crippen molar-refractivity contribution in [2.24, 2.45) is 0 Å². The first kappa shape index (κ1) is 17.9. The number of thioether (sulfide) groups is 1. The smallest absolute Gasteiger partial charge is 0.224 e. The van der Waals surface area contributed by atoms with E-state index in [9.17, 15) is 0 Å². The van der Waals surface area contributed by atoms with Gasteiger partial charge < -0.3 is 11.1 Å². The zero-order valence-corrected chi connectivity index (χ0v) is 15.6. The van der Waals surface area contributed by atoms with Gasteiger partial charge in [-0.1, -0.05) is 29.8 Å². The van der Waals surface area contributed by atoms with Gasteiger partial charge in [-0.05, 0) is 53.9 Å². The van der Waals surface area contributed by atoms with Gasteiger partial charge in [-0.2, -0.15) is 4.98 Å². The number of rotatable bonds is 6. The van der Waals surface area contributed by atoms with Gasteiger partial charge in [0.15, 0.2) is 5.82 Å². The molecule has 3 N–H and O–H groups in total. The van der Waals surface area contributed by atoms with Crippen LogP contribution in [0.25, 0.3) is 0 Å². The van der Waals surface area contributed by atoms with Crippen LogP contribution < -0.4 is 11.1 Å². The predicted octanol–water partition coefficient (Wildman–Crippen LogP) is 5.44. The molecule has 3 rings (SSSR count). The maximum atomic E-state index is 6.09. The van der Waals surface area contributed by atoms with Gasteiger partial charge in [0, 0.05) is 22.0 Å². The van der Waals surface area contributed by atoms with Crippen molar-refractivity contribution >= 4 is 52.2 Å². The second-order valence-corrected chi connectivity index (χ2v) is 7.25. The fraction of sp³-hybridized carbons (Fsp3) is 0.111. The Labute approximate surface area is 160 Å². The van der Waals surface area contributed by atoms with Crippen LogP contribution in [0.3, 0.4) is 0 Å². The van der Waals surface area contributed by atoms with Crippen LogP contribution in [0.15, 0.2) is 59.6 Å². The van der Waals surface area contributed by atoms with Gasteiger partial charge in [0.05, 0.1) is 6.20 Å². The maximum absolute atomic E-state index is 6.09. The van der Waals surface area contributed by atoms with Crippen LogP contribution in [0.4, 0.5) is 17.2 Å². The fourth-order valence-electron chi connectivity index (χ4n) is 2.27. The quantitative estimate of drug-likeness (QED) is 0.333. The number of nitrogen functional groups attached to an aromatic ring is 1. The Balaban J connectivity index is 1.62. The highest BCUT2D eigenvalue weighted by molar-refractivity contribution is 7.99. The highest BCUT2D eigenvalue weighted by atomic mass is 35.5. The van der Waals surface area contributed by atoms with Crippen molar-refractivity contribution in [1.29, 1.82) is 0 Å². The summed E-state index contributed by atoms with van der Waals surface area (Å²) in [6, 6.07) is 16.1. The third kappa shape index (κ3) is 5.26. The number of aryl methyl sites for hydroxylation is 1. The third-order valence-electron chi connectivity index (χ3n) is 3.42. The zero-order valence-electron chi connectivity index (χ0n) is 13.2. The highest BCUT2D eigenvalue weighted by Gasteiger charge is 2.05. The van der Waals surface area contributed by atoms with Gasteiger partial charge in [-0.25, -0.2) is 4.98 Å². The molecule has 0 aliphatic heterocycles. The molecule has 3 aromatic rings. The first-order valence-corrected chi connectivity index (χ1v) is 9.36. The first-order valence-electron chi connectivity index (χ1n) is 7.62. The fourth-order valence-corrected chi connectivity index (χ4v) is 3.50. The molecule has 1 heterocycles. The summed E-state index contributed by atoms with van der Waals surface area (Å²) < 4.78 is 0. The van der Waals surface area contributed by atoms with Crippen molar-refractivity contribution in [3.05, 3.63) is 70.6 Å². The van der Waals surface area contributed by atoms with Crippen LogP contribution in [0.2, 0.25) is 10.3 Å². The van der Waals surface area contributed by atoms with Crippen molar-refractivity contribution in [3.63, 3.8) is 0 Å². The lowest BCUT2D eigenvalue weighted by Gasteiger charge is -2.09. The summed E-state index contributed by atoms with van der Waals surface area (Å²) in [5.74, 6) is 1.45. The number of anilines is 3. The van der Waals surface area contributed by atoms with Crippen LogP contribution in [0.5, 0.6) is 0 Å². The molecule has 2 aromatic carbocycles. The summed E-state index contributed by atoms with van der Waals surface area (Å²) in [5.41, 5.74) is 8.75. The Morgan fingerprint density at radius 2 is 1.92 bits per heavy atom. The molecule has 0 bridgehead atoms. The Bertz CT molecular complexity index is 873. The minimum absolute atomic E-state index is 0.152. The summed E-state index contributed by atoms with van der Waals surface area (Å²) in [6.45, 7) is 0. The molecule has 25 heavy (non-hydrogen) atoms. The van der Waals surface area contributed by atoms with E-state index in [2.05, 4.69) is 33.5 Å². The SMILES string of the molecule is Nc1cccc(CCSc2cccc(Nc3nc(Cl)ncc3Cl)c2)c1. The van der Waals surface area contributed by atoms with E-state index < -0.39 is 0 Å². The van der Waals surface area contributed by atoms with E-state index >= 15 is 0 Å². The van der Waals surface area contributed by atoms with Crippen molar-refractivity contribution in [1.82, 2.24) is 9.97 Å². The monoisotopic (exact) mass is 390 g/mol. The first-order chi connectivity index (χ1) is 12.1. The van der Waals surface area contributed by atoms with Crippen LogP contribution in [0, 0.1) is 0 Å². The number of nitrogens with two attached hydrogens (primary N) is 1. The summed E-state index contributed by atoms with van der Waals surface area (Å²) in [5, 5.41) is 3.74. The van der Waals surface area contributed by atoms with Crippen molar-refractivity contribution in [2.75, 3.05) is 16.8 Å². The van der Waals surface area contributed by atoms with Gasteiger partial charge in [-0.15, -0.1) is 11.8 Å². The summed E-state index contributed by atoms with van der Waals surface area (Å²) >= 11 is 13.7. The van der Waals surface area contributed by atoms with E-state index in [4.69, 9.17) is 28.9 Å². The van der Waals surface area contributed by atoms with Crippen molar-refractivity contribution < 1.29 is 0 Å². The summed E-state index contributed by atoms with van der Waals surface area (Å²) in [7, 11) is 0. The molecule has 0 aliphatic rings. The Morgan fingerprint density at radius 1 is 1.08 bits per heavy atom. The number of aromatic nitrogens is 2. The van der Waals surface area contributed by atoms with E-state index in [0.29, 0.717) is 10.8 Å². The Morgan fingerprint density at radius 3 is 2.76 bits per heavy atom. The van der Waals surface area contributed by atoms with Gasteiger partial charge in [0.25, 0.3) is 0 Å². The average Bonchev–Trinajstić information content (AvgIpc) is 2.59. The van der Waals surface area contributed by atoms with Crippen molar-refractivity contribution in [3.8, 4) is 0 Å². The number of nitrogens with one attached hydrogen (secondary N) is 1. The molecule has 0 spiro atoms. The summed E-state index contributed by atoms with van der Waals surface area (Å²) in [4.78, 5) is 9.10. The molecule has 1 aromatic heterocycles. The number of hydrogen-bond acceptors (Lipinski definition) is 5. The minimum atomic E-state index is 0.152. The van der Waals surface area contributed by atoms with Crippen LogP contribution >= 0.6 is 35.0 Å². The normalized spacial score (nSPS) is 10.6. The van der Waals surface area contributed by atoms with E-state index in [0.717, 1.165) is 28.4 Å². The van der Waals surface area contributed by atoms with Gasteiger partial charge in [0.1, 0.15) is 5.02 Å². The molecule has 0 unspecified atom stereocenters. The molecule has 0 saturated heterocycles. The topological polar surface area (TPSA) is 63.8 Å². The van der Waals surface area contributed by atoms with Gasteiger partial charge >= 0.3 is 0 Å². The van der Waals surface area contributed by atoms with Crippen LogP contribution in [0.1, 0.15) is 5.56 Å². The second-order valence-electron chi connectivity index (χ2n) is 5.33. The molecule has 128 valence electrons. The minimum Gasteiger partial charge on any atom is -0.399 e. The molecule has 0 fully saturated rings. The number of nitrogens with zero attached hydrogens (tertiary/aromatic N) is 2. The molecule has 0 saturated carbocycles. The maximum Gasteiger partial charge on any atom is 0.224 e. The average molecular weight is 391 g/mol. The Kier molecular flexibility index (Phi) is 6.02. The largest absolute Gasteiger partial charge is 0.399 e. The van der Waals surface area contributed by atoms with Gasteiger partial charge in [-0.3, -0.25) is 0 Å².